The van der Waals surface area contributed by atoms with Crippen molar-refractivity contribution in [2.45, 2.75) is 13.3 Å². The fourth-order valence-electron chi connectivity index (χ4n) is 1.96. The van der Waals surface area contributed by atoms with Gasteiger partial charge in [0.1, 0.15) is 5.82 Å². The molecule has 2 aromatic heterocycles. The van der Waals surface area contributed by atoms with Gasteiger partial charge in [0.15, 0.2) is 5.69 Å². The third kappa shape index (κ3) is 1.28. The van der Waals surface area contributed by atoms with Crippen molar-refractivity contribution in [3.63, 3.8) is 0 Å². The van der Waals surface area contributed by atoms with Gasteiger partial charge in [-0.25, -0.2) is 14.2 Å². The van der Waals surface area contributed by atoms with E-state index in [0.29, 0.717) is 30.5 Å². The standard InChI is InChI=1S/C10H10N4O3/c1-5-12-13-10-11-7(9(15)16-2)6-3-4-17-8(6)14(5)10/h3-4H2,1-2H3. The Morgan fingerprint density at radius 3 is 3.06 bits per heavy atom. The largest absolute Gasteiger partial charge is 0.478 e. The van der Waals surface area contributed by atoms with Crippen LogP contribution in [0, 0.1) is 6.92 Å². The summed E-state index contributed by atoms with van der Waals surface area (Å²) in [5, 5.41) is 7.81. The van der Waals surface area contributed by atoms with E-state index in [4.69, 9.17) is 9.47 Å². The molecule has 0 aromatic carbocycles. The molecule has 0 N–H and O–H groups in total. The molecule has 0 amide bonds. The Balaban J connectivity index is 2.36. The number of fused-ring (bicyclic) bond motifs is 3. The minimum Gasteiger partial charge on any atom is -0.478 e. The second kappa shape index (κ2) is 3.41. The van der Waals surface area contributed by atoms with Gasteiger partial charge in [0.05, 0.1) is 13.7 Å². The number of esters is 1. The van der Waals surface area contributed by atoms with E-state index in [1.807, 2.05) is 0 Å². The molecule has 0 unspecified atom stereocenters. The van der Waals surface area contributed by atoms with Gasteiger partial charge in [-0.15, -0.1) is 10.2 Å². The van der Waals surface area contributed by atoms with Crippen LogP contribution in [0.1, 0.15) is 21.9 Å². The Kier molecular flexibility index (Phi) is 2.01. The monoisotopic (exact) mass is 234 g/mol. The number of ether oxygens (including phenoxy) is 2. The molecule has 0 fully saturated rings. The number of aryl methyl sites for hydroxylation is 1. The van der Waals surface area contributed by atoms with Crippen LogP contribution in [-0.4, -0.2) is 39.3 Å². The molecule has 3 rings (SSSR count). The first kappa shape index (κ1) is 10.0. The predicted octanol–water partition coefficient (Wildman–Crippen LogP) is 0.154. The molecule has 0 aliphatic carbocycles. The Labute approximate surface area is 96.4 Å². The molecular formula is C10H10N4O3. The topological polar surface area (TPSA) is 78.6 Å². The molecule has 7 heteroatoms. The number of hydrogen-bond donors (Lipinski definition) is 0. The molecule has 0 spiro atoms. The number of carbonyl (C=O) groups is 1. The van der Waals surface area contributed by atoms with E-state index in [2.05, 4.69) is 15.2 Å². The summed E-state index contributed by atoms with van der Waals surface area (Å²) >= 11 is 0. The van der Waals surface area contributed by atoms with Crippen molar-refractivity contribution in [3.05, 3.63) is 17.1 Å². The van der Waals surface area contributed by atoms with Crippen LogP contribution in [0.15, 0.2) is 0 Å². The zero-order valence-corrected chi connectivity index (χ0v) is 9.43. The molecule has 3 heterocycles. The van der Waals surface area contributed by atoms with Gasteiger partial charge in [-0.05, 0) is 6.92 Å². The third-order valence-corrected chi connectivity index (χ3v) is 2.74. The number of methoxy groups -OCH3 is 1. The maximum atomic E-state index is 11.6. The van der Waals surface area contributed by atoms with E-state index >= 15 is 0 Å². The van der Waals surface area contributed by atoms with Gasteiger partial charge in [-0.1, -0.05) is 0 Å². The molecule has 2 aromatic rings. The highest BCUT2D eigenvalue weighted by atomic mass is 16.5. The zero-order chi connectivity index (χ0) is 12.0. The zero-order valence-electron chi connectivity index (χ0n) is 9.43. The smallest absolute Gasteiger partial charge is 0.357 e. The number of rotatable bonds is 1. The van der Waals surface area contributed by atoms with Gasteiger partial charge in [0, 0.05) is 12.0 Å². The Bertz CT molecular complexity index is 620. The highest BCUT2D eigenvalue weighted by Gasteiger charge is 2.27. The first-order chi connectivity index (χ1) is 8.22. The maximum Gasteiger partial charge on any atom is 0.357 e. The molecule has 17 heavy (non-hydrogen) atoms. The second-order valence-electron chi connectivity index (χ2n) is 3.72. The quantitative estimate of drug-likeness (QED) is 0.654. The van der Waals surface area contributed by atoms with Crippen LogP contribution in [-0.2, 0) is 11.2 Å². The normalized spacial score (nSPS) is 13.5. The average molecular weight is 234 g/mol. The lowest BCUT2D eigenvalue weighted by Gasteiger charge is -2.06. The molecule has 0 atom stereocenters. The molecule has 0 radical (unpaired) electrons. The van der Waals surface area contributed by atoms with Crippen LogP contribution in [0.5, 0.6) is 5.88 Å². The van der Waals surface area contributed by atoms with Crippen molar-refractivity contribution < 1.29 is 14.3 Å². The third-order valence-electron chi connectivity index (χ3n) is 2.74. The Hall–Kier alpha value is -2.18. The molecular weight excluding hydrogens is 224 g/mol. The first-order valence-corrected chi connectivity index (χ1v) is 5.18. The summed E-state index contributed by atoms with van der Waals surface area (Å²) in [7, 11) is 1.32. The summed E-state index contributed by atoms with van der Waals surface area (Å²) in [6.45, 7) is 2.33. The lowest BCUT2D eigenvalue weighted by atomic mass is 10.2. The van der Waals surface area contributed by atoms with Crippen molar-refractivity contribution in [1.82, 2.24) is 19.6 Å². The van der Waals surface area contributed by atoms with Gasteiger partial charge < -0.3 is 9.47 Å². The second-order valence-corrected chi connectivity index (χ2v) is 3.72. The minimum atomic E-state index is -0.477. The van der Waals surface area contributed by atoms with Gasteiger partial charge in [-0.3, -0.25) is 0 Å². The highest BCUT2D eigenvalue weighted by Crippen LogP contribution is 2.29. The Morgan fingerprint density at radius 2 is 2.29 bits per heavy atom. The number of carbonyl (C=O) groups excluding carboxylic acids is 1. The molecule has 0 saturated carbocycles. The number of hydrogen-bond acceptors (Lipinski definition) is 6. The average Bonchev–Trinajstić information content (AvgIpc) is 2.93. The summed E-state index contributed by atoms with van der Waals surface area (Å²) in [4.78, 5) is 15.8. The SMILES string of the molecule is COC(=O)c1nc2nnc(C)n2c2c1CCO2. The number of nitrogens with zero attached hydrogens (tertiary/aromatic N) is 4. The summed E-state index contributed by atoms with van der Waals surface area (Å²) in [6, 6.07) is 0. The molecule has 88 valence electrons. The molecule has 7 nitrogen and oxygen atoms in total. The van der Waals surface area contributed by atoms with E-state index in [9.17, 15) is 4.79 Å². The first-order valence-electron chi connectivity index (χ1n) is 5.18. The van der Waals surface area contributed by atoms with E-state index in [0.717, 1.165) is 5.56 Å². The van der Waals surface area contributed by atoms with Crippen LogP contribution < -0.4 is 4.74 Å². The van der Waals surface area contributed by atoms with Crippen LogP contribution in [0.4, 0.5) is 0 Å². The van der Waals surface area contributed by atoms with Crippen LogP contribution >= 0.6 is 0 Å². The van der Waals surface area contributed by atoms with E-state index < -0.39 is 5.97 Å². The lowest BCUT2D eigenvalue weighted by molar-refractivity contribution is 0.0593. The fraction of sp³-hybridized carbons (Fsp3) is 0.400. The fourth-order valence-corrected chi connectivity index (χ4v) is 1.96. The van der Waals surface area contributed by atoms with Gasteiger partial charge >= 0.3 is 5.97 Å². The number of aromatic nitrogens is 4. The van der Waals surface area contributed by atoms with Crippen molar-refractivity contribution >= 4 is 11.7 Å². The maximum absolute atomic E-state index is 11.6. The Morgan fingerprint density at radius 1 is 1.47 bits per heavy atom. The molecule has 1 aliphatic rings. The summed E-state index contributed by atoms with van der Waals surface area (Å²) in [6.07, 6.45) is 0.639. The minimum absolute atomic E-state index is 0.264. The summed E-state index contributed by atoms with van der Waals surface area (Å²) in [5.74, 6) is 1.15. The van der Waals surface area contributed by atoms with Crippen molar-refractivity contribution in [1.29, 1.82) is 0 Å². The van der Waals surface area contributed by atoms with Crippen LogP contribution in [0.2, 0.25) is 0 Å². The summed E-state index contributed by atoms with van der Waals surface area (Å²) < 4.78 is 11.9. The van der Waals surface area contributed by atoms with E-state index in [1.54, 1.807) is 11.3 Å². The highest BCUT2D eigenvalue weighted by molar-refractivity contribution is 5.90. The van der Waals surface area contributed by atoms with E-state index in [1.165, 1.54) is 7.11 Å². The van der Waals surface area contributed by atoms with E-state index in [-0.39, 0.29) is 5.69 Å². The molecule has 0 saturated heterocycles. The van der Waals surface area contributed by atoms with Gasteiger partial charge in [0.25, 0.3) is 5.78 Å². The molecule has 1 aliphatic heterocycles. The van der Waals surface area contributed by atoms with Gasteiger partial charge in [0.2, 0.25) is 5.88 Å². The molecule has 0 bridgehead atoms. The van der Waals surface area contributed by atoms with Crippen molar-refractivity contribution in [2.24, 2.45) is 0 Å². The van der Waals surface area contributed by atoms with Crippen molar-refractivity contribution in [2.75, 3.05) is 13.7 Å². The van der Waals surface area contributed by atoms with Crippen molar-refractivity contribution in [3.8, 4) is 5.88 Å². The predicted molar refractivity (Wildman–Crippen MR) is 56.1 cm³/mol. The summed E-state index contributed by atoms with van der Waals surface area (Å²) in [5.41, 5.74) is 1.02. The van der Waals surface area contributed by atoms with Crippen LogP contribution in [0.3, 0.4) is 0 Å². The van der Waals surface area contributed by atoms with Gasteiger partial charge in [-0.2, -0.15) is 0 Å². The van der Waals surface area contributed by atoms with Crippen LogP contribution in [0.25, 0.3) is 5.78 Å². The lowest BCUT2D eigenvalue weighted by Crippen LogP contribution is -2.10.